The molecule has 1 aromatic carbocycles. The van der Waals surface area contributed by atoms with E-state index in [1.165, 1.54) is 12.1 Å². The second-order valence-corrected chi connectivity index (χ2v) is 9.79. The molecule has 0 saturated carbocycles. The van der Waals surface area contributed by atoms with Gasteiger partial charge in [-0.2, -0.15) is 8.42 Å². The lowest BCUT2D eigenvalue weighted by atomic mass is 9.78. The number of hydroxylamine groups is 2. The van der Waals surface area contributed by atoms with Crippen LogP contribution in [0.2, 0.25) is 0 Å². The number of rotatable bonds is 11. The molecular weight excluding hydrogens is 436 g/mol. The minimum Gasteiger partial charge on any atom is -0.385 e. The third-order valence-electron chi connectivity index (χ3n) is 5.60. The van der Waals surface area contributed by atoms with E-state index in [4.69, 9.17) is 4.84 Å². The van der Waals surface area contributed by atoms with E-state index in [1.54, 1.807) is 6.07 Å². The number of nitrogens with one attached hydrogen (secondary N) is 1. The number of carbonyl (C=O) groups is 3. The average Bonchev–Trinajstić information content (AvgIpc) is 3.01. The highest BCUT2D eigenvalue weighted by molar-refractivity contribution is 7.85. The van der Waals surface area contributed by atoms with Crippen LogP contribution < -0.4 is 5.32 Å². The quantitative estimate of drug-likeness (QED) is 0.220. The Morgan fingerprint density at radius 2 is 1.81 bits per heavy atom. The zero-order valence-corrected chi connectivity index (χ0v) is 19.5. The smallest absolute Gasteiger partial charge is 0.333 e. The summed E-state index contributed by atoms with van der Waals surface area (Å²) in [5.74, 6) is -1.62. The van der Waals surface area contributed by atoms with E-state index in [-0.39, 0.29) is 24.2 Å². The van der Waals surface area contributed by atoms with Crippen molar-refractivity contribution in [3.05, 3.63) is 35.9 Å². The maximum atomic E-state index is 11.8. The molecule has 0 spiro atoms. The normalized spacial score (nSPS) is 14.6. The number of imide groups is 1. The molecule has 0 atom stereocenters. The largest absolute Gasteiger partial charge is 0.385 e. The van der Waals surface area contributed by atoms with Gasteiger partial charge < -0.3 is 10.2 Å². The summed E-state index contributed by atoms with van der Waals surface area (Å²) in [6.45, 7) is 10.3. The van der Waals surface area contributed by atoms with Crippen LogP contribution in [-0.4, -0.2) is 42.4 Å². The van der Waals surface area contributed by atoms with E-state index in [2.05, 4.69) is 11.9 Å². The maximum Gasteiger partial charge on any atom is 0.333 e. The van der Waals surface area contributed by atoms with Crippen molar-refractivity contribution in [1.29, 1.82) is 0 Å². The predicted octanol–water partition coefficient (Wildman–Crippen LogP) is 3.37. The summed E-state index contributed by atoms with van der Waals surface area (Å²) >= 11 is 0. The molecule has 0 unspecified atom stereocenters. The van der Waals surface area contributed by atoms with Crippen LogP contribution in [0.5, 0.6) is 0 Å². The molecule has 32 heavy (non-hydrogen) atoms. The van der Waals surface area contributed by atoms with E-state index in [9.17, 15) is 27.4 Å². The number of carbonyl (C=O) groups excluding carboxylic acids is 3. The van der Waals surface area contributed by atoms with Crippen LogP contribution >= 0.6 is 0 Å². The fraction of sp³-hybridized carbons (Fsp3) is 0.500. The molecule has 2 N–H and O–H groups in total. The Bertz CT molecular complexity index is 999. The van der Waals surface area contributed by atoms with Gasteiger partial charge >= 0.3 is 5.97 Å². The lowest BCUT2D eigenvalue weighted by Gasteiger charge is -2.29. The van der Waals surface area contributed by atoms with E-state index in [0.29, 0.717) is 30.0 Å². The van der Waals surface area contributed by atoms with Crippen molar-refractivity contribution < 1.29 is 32.2 Å². The highest BCUT2D eigenvalue weighted by Crippen LogP contribution is 2.36. The first-order valence-corrected chi connectivity index (χ1v) is 11.9. The second-order valence-electron chi connectivity index (χ2n) is 8.37. The van der Waals surface area contributed by atoms with Crippen molar-refractivity contribution in [3.8, 4) is 0 Å². The summed E-state index contributed by atoms with van der Waals surface area (Å²) in [6.07, 6.45) is 2.17. The number of hydrogen-bond donors (Lipinski definition) is 2. The lowest BCUT2D eigenvalue weighted by molar-refractivity contribution is -0.197. The van der Waals surface area contributed by atoms with Gasteiger partial charge in [0.25, 0.3) is 21.9 Å². The third kappa shape index (κ3) is 6.39. The highest BCUT2D eigenvalue weighted by atomic mass is 32.2. The molecule has 2 amide bonds. The fourth-order valence-corrected chi connectivity index (χ4v) is 3.69. The molecule has 10 heteroatoms. The van der Waals surface area contributed by atoms with Crippen LogP contribution in [-0.2, 0) is 34.8 Å². The number of amides is 2. The second kappa shape index (κ2) is 10.3. The molecule has 1 aliphatic rings. The van der Waals surface area contributed by atoms with Crippen molar-refractivity contribution in [3.63, 3.8) is 0 Å². The van der Waals surface area contributed by atoms with Crippen LogP contribution in [0.4, 0.5) is 5.69 Å². The molecule has 1 saturated heterocycles. The third-order valence-corrected chi connectivity index (χ3v) is 6.45. The first-order chi connectivity index (χ1) is 14.8. The number of benzene rings is 1. The maximum absolute atomic E-state index is 11.8. The molecule has 0 bridgehead atoms. The average molecular weight is 467 g/mol. The van der Waals surface area contributed by atoms with Crippen molar-refractivity contribution in [2.75, 3.05) is 11.9 Å². The molecule has 9 nitrogen and oxygen atoms in total. The highest BCUT2D eigenvalue weighted by Gasteiger charge is 2.32. The zero-order chi connectivity index (χ0) is 24.1. The summed E-state index contributed by atoms with van der Waals surface area (Å²) in [7, 11) is -4.33. The molecule has 1 heterocycles. The van der Waals surface area contributed by atoms with Crippen LogP contribution in [0, 0.1) is 0 Å². The Morgan fingerprint density at radius 1 is 1.19 bits per heavy atom. The molecule has 1 aromatic rings. The van der Waals surface area contributed by atoms with Gasteiger partial charge in [0.15, 0.2) is 0 Å². The monoisotopic (exact) mass is 466 g/mol. The summed E-state index contributed by atoms with van der Waals surface area (Å²) in [4.78, 5) is 39.4. The zero-order valence-electron chi connectivity index (χ0n) is 18.6. The van der Waals surface area contributed by atoms with Crippen LogP contribution in [0.1, 0.15) is 64.9 Å². The Morgan fingerprint density at radius 3 is 2.38 bits per heavy atom. The van der Waals surface area contributed by atoms with Gasteiger partial charge in [-0.05, 0) is 43.5 Å². The summed E-state index contributed by atoms with van der Waals surface area (Å²) < 4.78 is 32.5. The summed E-state index contributed by atoms with van der Waals surface area (Å²) in [5, 5.41) is 3.83. The van der Waals surface area contributed by atoms with Crippen LogP contribution in [0.3, 0.4) is 0 Å². The molecule has 0 aromatic heterocycles. The Balaban J connectivity index is 1.88. The number of anilines is 1. The molecule has 0 radical (unpaired) electrons. The van der Waals surface area contributed by atoms with Gasteiger partial charge in [-0.1, -0.05) is 32.4 Å². The number of unbranched alkanes of at least 4 members (excludes halogenated alkanes) is 2. The standard InChI is InChI=1S/C22H30N2O7S/c1-15(2)22(3,4)17-14-16(32(28,29)30)9-10-18(17)23-13-7-5-6-8-21(27)31-24-19(25)11-12-20(24)26/h9-10,14,23H,1,5-8,11-13H2,2-4H3,(H,28,29,30). The topological polar surface area (TPSA) is 130 Å². The van der Waals surface area contributed by atoms with Crippen molar-refractivity contribution in [1.82, 2.24) is 5.06 Å². The lowest BCUT2D eigenvalue weighted by Crippen LogP contribution is -2.31. The van der Waals surface area contributed by atoms with E-state index in [1.807, 2.05) is 20.8 Å². The minimum atomic E-state index is -4.33. The summed E-state index contributed by atoms with van der Waals surface area (Å²) in [6, 6.07) is 4.40. The Kier molecular flexibility index (Phi) is 8.19. The van der Waals surface area contributed by atoms with E-state index >= 15 is 0 Å². The number of nitrogens with zero attached hydrogens (tertiary/aromatic N) is 1. The number of hydrogen-bond acceptors (Lipinski definition) is 7. The van der Waals surface area contributed by atoms with E-state index in [0.717, 1.165) is 17.7 Å². The molecule has 176 valence electrons. The molecule has 1 fully saturated rings. The minimum absolute atomic E-state index is 0.0627. The first kappa shape index (κ1) is 25.5. The van der Waals surface area contributed by atoms with Gasteiger partial charge in [-0.15, -0.1) is 5.06 Å². The van der Waals surface area contributed by atoms with Crippen molar-refractivity contribution >= 4 is 33.6 Å². The van der Waals surface area contributed by atoms with E-state index < -0.39 is 33.3 Å². The molecule has 0 aliphatic carbocycles. The fourth-order valence-electron chi connectivity index (χ4n) is 3.18. The SMILES string of the molecule is C=C(C)C(C)(C)c1cc(S(=O)(=O)O)ccc1NCCCCCC(=O)ON1C(=O)CCC1=O. The Hall–Kier alpha value is -2.72. The van der Waals surface area contributed by atoms with Crippen molar-refractivity contribution in [2.45, 2.75) is 69.6 Å². The molecule has 2 rings (SSSR count). The first-order valence-electron chi connectivity index (χ1n) is 10.4. The summed E-state index contributed by atoms with van der Waals surface area (Å²) in [5.41, 5.74) is 1.73. The van der Waals surface area contributed by atoms with Gasteiger partial charge in [0, 0.05) is 36.9 Å². The van der Waals surface area contributed by atoms with Gasteiger partial charge in [0.2, 0.25) is 0 Å². The molecular formula is C22H30N2O7S. The Labute approximate surface area is 188 Å². The van der Waals surface area contributed by atoms with Crippen molar-refractivity contribution in [2.24, 2.45) is 0 Å². The van der Waals surface area contributed by atoms with Gasteiger partial charge in [-0.25, -0.2) is 4.79 Å². The molecule has 1 aliphatic heterocycles. The van der Waals surface area contributed by atoms with Crippen LogP contribution in [0.25, 0.3) is 0 Å². The van der Waals surface area contributed by atoms with Gasteiger partial charge in [0.1, 0.15) is 0 Å². The predicted molar refractivity (Wildman–Crippen MR) is 118 cm³/mol. The number of allylic oxidation sites excluding steroid dienone is 1. The van der Waals surface area contributed by atoms with Crippen LogP contribution in [0.15, 0.2) is 35.2 Å². The van der Waals surface area contributed by atoms with Gasteiger partial charge in [0.05, 0.1) is 4.90 Å². The van der Waals surface area contributed by atoms with Gasteiger partial charge in [-0.3, -0.25) is 14.1 Å².